The third-order valence-corrected chi connectivity index (χ3v) is 4.74. The Bertz CT molecular complexity index is 924. The fraction of sp³-hybridized carbons (Fsp3) is 0.136. The van der Waals surface area contributed by atoms with E-state index in [1.807, 2.05) is 54.6 Å². The van der Waals surface area contributed by atoms with Crippen molar-refractivity contribution < 1.29 is 9.90 Å². The fourth-order valence-electron chi connectivity index (χ4n) is 3.38. The Morgan fingerprint density at radius 2 is 1.58 bits per heavy atom. The van der Waals surface area contributed by atoms with Crippen LogP contribution in [0.15, 0.2) is 78.9 Å². The summed E-state index contributed by atoms with van der Waals surface area (Å²) in [5.74, 6) is 0.158. The molecule has 26 heavy (non-hydrogen) atoms. The molecular formula is C22H20N2O2. The topological polar surface area (TPSA) is 52.6 Å². The number of carbonyl (C=O) groups excluding carboxylic acids is 1. The van der Waals surface area contributed by atoms with E-state index in [0.29, 0.717) is 17.7 Å². The Labute approximate surface area is 152 Å². The van der Waals surface area contributed by atoms with Crippen LogP contribution in [0, 0.1) is 0 Å². The molecule has 0 unspecified atom stereocenters. The van der Waals surface area contributed by atoms with Gasteiger partial charge in [-0.1, -0.05) is 60.7 Å². The van der Waals surface area contributed by atoms with E-state index in [9.17, 15) is 9.90 Å². The molecule has 4 nitrogen and oxygen atoms in total. The van der Waals surface area contributed by atoms with E-state index in [1.165, 1.54) is 5.56 Å². The summed E-state index contributed by atoms with van der Waals surface area (Å²) in [5, 5.41) is 13.7. The van der Waals surface area contributed by atoms with E-state index in [-0.39, 0.29) is 11.7 Å². The van der Waals surface area contributed by atoms with Crippen LogP contribution in [0.5, 0.6) is 5.75 Å². The summed E-state index contributed by atoms with van der Waals surface area (Å²) in [7, 11) is 0. The first kappa shape index (κ1) is 16.2. The van der Waals surface area contributed by atoms with Gasteiger partial charge in [0, 0.05) is 17.8 Å². The normalized spacial score (nSPS) is 16.1. The number of benzene rings is 3. The Morgan fingerprint density at radius 3 is 2.38 bits per heavy atom. The van der Waals surface area contributed by atoms with Crippen LogP contribution in [0.4, 0.5) is 5.69 Å². The highest BCUT2D eigenvalue weighted by atomic mass is 16.3. The monoisotopic (exact) mass is 344 g/mol. The highest BCUT2D eigenvalue weighted by Crippen LogP contribution is 2.36. The summed E-state index contributed by atoms with van der Waals surface area (Å²) in [6, 6.07) is 24.8. The van der Waals surface area contributed by atoms with E-state index in [1.54, 1.807) is 17.0 Å². The first-order valence-corrected chi connectivity index (χ1v) is 8.72. The number of hydrogen-bond donors (Lipinski definition) is 2. The number of hydrogen-bond acceptors (Lipinski definition) is 3. The molecule has 2 N–H and O–H groups in total. The molecule has 0 aliphatic carbocycles. The second-order valence-corrected chi connectivity index (χ2v) is 6.39. The summed E-state index contributed by atoms with van der Waals surface area (Å²) >= 11 is 0. The molecule has 0 aromatic heterocycles. The minimum Gasteiger partial charge on any atom is -0.508 e. The van der Waals surface area contributed by atoms with Crippen molar-refractivity contribution in [3.63, 3.8) is 0 Å². The Hall–Kier alpha value is -3.27. The molecule has 1 heterocycles. The standard InChI is InChI=1S/C22H20N2O2/c25-20-13-7-5-11-18(20)21-23-19-12-6-4-10-17(19)22(26)24(21)15-14-16-8-2-1-3-9-16/h1-13,21,23,25H,14-15H2/t21-/m0/s1. The molecule has 130 valence electrons. The van der Waals surface area contributed by atoms with Gasteiger partial charge >= 0.3 is 0 Å². The molecule has 1 amide bonds. The Kier molecular flexibility index (Phi) is 4.32. The van der Waals surface area contributed by atoms with Crippen molar-refractivity contribution >= 4 is 11.6 Å². The van der Waals surface area contributed by atoms with Crippen molar-refractivity contribution in [1.82, 2.24) is 4.90 Å². The van der Waals surface area contributed by atoms with Crippen molar-refractivity contribution in [3.05, 3.63) is 95.6 Å². The number of fused-ring (bicyclic) bond motifs is 1. The first-order chi connectivity index (χ1) is 12.7. The highest BCUT2D eigenvalue weighted by Gasteiger charge is 2.33. The average molecular weight is 344 g/mol. The van der Waals surface area contributed by atoms with Gasteiger partial charge in [-0.25, -0.2) is 0 Å². The van der Waals surface area contributed by atoms with Gasteiger partial charge in [0.1, 0.15) is 11.9 Å². The number of carbonyl (C=O) groups is 1. The van der Waals surface area contributed by atoms with Gasteiger partial charge in [-0.2, -0.15) is 0 Å². The molecule has 1 atom stereocenters. The molecule has 0 bridgehead atoms. The van der Waals surface area contributed by atoms with Crippen LogP contribution < -0.4 is 5.32 Å². The van der Waals surface area contributed by atoms with Gasteiger partial charge in [-0.3, -0.25) is 4.79 Å². The molecule has 3 aromatic carbocycles. The predicted molar refractivity (Wildman–Crippen MR) is 102 cm³/mol. The van der Waals surface area contributed by atoms with Crippen LogP contribution >= 0.6 is 0 Å². The SMILES string of the molecule is O=C1c2ccccc2N[C@H](c2ccccc2O)N1CCc1ccccc1. The second-order valence-electron chi connectivity index (χ2n) is 6.39. The highest BCUT2D eigenvalue weighted by molar-refractivity contribution is 6.01. The minimum absolute atomic E-state index is 0.0245. The van der Waals surface area contributed by atoms with E-state index in [4.69, 9.17) is 0 Å². The smallest absolute Gasteiger partial charge is 0.257 e. The zero-order chi connectivity index (χ0) is 17.9. The average Bonchev–Trinajstić information content (AvgIpc) is 2.68. The number of amides is 1. The maximum atomic E-state index is 13.1. The third-order valence-electron chi connectivity index (χ3n) is 4.74. The van der Waals surface area contributed by atoms with Gasteiger partial charge in [-0.15, -0.1) is 0 Å². The summed E-state index contributed by atoms with van der Waals surface area (Å²) < 4.78 is 0. The summed E-state index contributed by atoms with van der Waals surface area (Å²) in [4.78, 5) is 14.9. The zero-order valence-corrected chi connectivity index (χ0v) is 14.3. The van der Waals surface area contributed by atoms with Crippen LogP contribution in [0.1, 0.15) is 27.7 Å². The lowest BCUT2D eigenvalue weighted by molar-refractivity contribution is 0.0684. The summed E-state index contributed by atoms with van der Waals surface area (Å²) in [6.07, 6.45) is 0.350. The molecular weight excluding hydrogens is 324 g/mol. The lowest BCUT2D eigenvalue weighted by Gasteiger charge is -2.38. The van der Waals surface area contributed by atoms with Crippen molar-refractivity contribution in [3.8, 4) is 5.75 Å². The Morgan fingerprint density at radius 1 is 0.885 bits per heavy atom. The molecule has 4 heteroatoms. The molecule has 1 aliphatic rings. The van der Waals surface area contributed by atoms with Crippen molar-refractivity contribution in [2.75, 3.05) is 11.9 Å². The minimum atomic E-state index is -0.401. The van der Waals surface area contributed by atoms with Crippen molar-refractivity contribution in [1.29, 1.82) is 0 Å². The number of nitrogens with zero attached hydrogens (tertiary/aromatic N) is 1. The molecule has 0 radical (unpaired) electrons. The van der Waals surface area contributed by atoms with Crippen molar-refractivity contribution in [2.45, 2.75) is 12.6 Å². The molecule has 3 aromatic rings. The number of nitrogens with one attached hydrogen (secondary N) is 1. The van der Waals surface area contributed by atoms with Crippen LogP contribution in [-0.4, -0.2) is 22.5 Å². The lowest BCUT2D eigenvalue weighted by Crippen LogP contribution is -2.44. The zero-order valence-electron chi connectivity index (χ0n) is 14.3. The van der Waals surface area contributed by atoms with E-state index >= 15 is 0 Å². The summed E-state index contributed by atoms with van der Waals surface area (Å²) in [5.41, 5.74) is 3.33. The number of para-hydroxylation sites is 2. The van der Waals surface area contributed by atoms with Gasteiger partial charge in [0.25, 0.3) is 5.91 Å². The number of phenolic OH excluding ortho intramolecular Hbond substituents is 1. The first-order valence-electron chi connectivity index (χ1n) is 8.72. The van der Waals surface area contributed by atoms with Crippen LogP contribution in [-0.2, 0) is 6.42 Å². The summed E-state index contributed by atoms with van der Waals surface area (Å²) in [6.45, 7) is 0.559. The largest absolute Gasteiger partial charge is 0.508 e. The maximum absolute atomic E-state index is 13.1. The Balaban J connectivity index is 1.69. The second kappa shape index (κ2) is 6.92. The fourth-order valence-corrected chi connectivity index (χ4v) is 3.38. The molecule has 1 aliphatic heterocycles. The number of phenols is 1. The van der Waals surface area contributed by atoms with Gasteiger partial charge in [0.05, 0.1) is 5.56 Å². The van der Waals surface area contributed by atoms with Crippen LogP contribution in [0.25, 0.3) is 0 Å². The molecule has 4 rings (SSSR count). The van der Waals surface area contributed by atoms with Gasteiger partial charge in [-0.05, 0) is 30.2 Å². The molecule has 0 spiro atoms. The number of aromatic hydroxyl groups is 1. The van der Waals surface area contributed by atoms with Gasteiger partial charge < -0.3 is 15.3 Å². The maximum Gasteiger partial charge on any atom is 0.257 e. The lowest BCUT2D eigenvalue weighted by atomic mass is 10.0. The predicted octanol–water partition coefficient (Wildman–Crippen LogP) is 4.20. The molecule has 0 fully saturated rings. The quantitative estimate of drug-likeness (QED) is 0.746. The van der Waals surface area contributed by atoms with Crippen LogP contribution in [0.2, 0.25) is 0 Å². The van der Waals surface area contributed by atoms with E-state index in [0.717, 1.165) is 12.1 Å². The van der Waals surface area contributed by atoms with Gasteiger partial charge in [0.2, 0.25) is 0 Å². The van der Waals surface area contributed by atoms with Gasteiger partial charge in [0.15, 0.2) is 0 Å². The van der Waals surface area contributed by atoms with E-state index < -0.39 is 6.17 Å². The van der Waals surface area contributed by atoms with E-state index in [2.05, 4.69) is 17.4 Å². The van der Waals surface area contributed by atoms with Crippen molar-refractivity contribution in [2.24, 2.45) is 0 Å². The third kappa shape index (κ3) is 3.02. The molecule has 0 saturated carbocycles. The molecule has 0 saturated heterocycles. The van der Waals surface area contributed by atoms with Crippen LogP contribution in [0.3, 0.4) is 0 Å². The number of anilines is 1. The number of rotatable bonds is 4.